The lowest BCUT2D eigenvalue weighted by molar-refractivity contribution is -0.133. The summed E-state index contributed by atoms with van der Waals surface area (Å²) in [6.45, 7) is 5.70. The van der Waals surface area contributed by atoms with E-state index in [0.29, 0.717) is 12.1 Å². The Kier molecular flexibility index (Phi) is 3.93. The van der Waals surface area contributed by atoms with Gasteiger partial charge in [-0.15, -0.1) is 0 Å². The van der Waals surface area contributed by atoms with Crippen molar-refractivity contribution in [1.29, 1.82) is 0 Å². The number of carbonyl (C=O) groups excluding carboxylic acids is 1. The third-order valence-electron chi connectivity index (χ3n) is 2.58. The molecule has 0 aromatic heterocycles. The lowest BCUT2D eigenvalue weighted by Gasteiger charge is -2.29. The normalized spacial score (nSPS) is 20.8. The summed E-state index contributed by atoms with van der Waals surface area (Å²) < 4.78 is 0. The maximum Gasteiger partial charge on any atom is 0.335 e. The maximum atomic E-state index is 11.4. The van der Waals surface area contributed by atoms with Crippen LogP contribution in [0.15, 0.2) is 11.3 Å². The molecule has 0 saturated carbocycles. The Bertz CT molecular complexity index is 334. The largest absolute Gasteiger partial charge is 0.478 e. The van der Waals surface area contributed by atoms with E-state index in [1.807, 2.05) is 20.8 Å². The number of carboxylic acids is 1. The summed E-state index contributed by atoms with van der Waals surface area (Å²) in [5, 5.41) is 14.4. The standard InChI is InChI=1S/C11H18N2O3/c1-4-5-7-8(10(14)15)9(6(2)3)13-11(16)12-7/h6-7H,4-5H2,1-3H3,(H,14,15)(H2,12,13,16). The Balaban J connectivity index is 3.13. The van der Waals surface area contributed by atoms with Crippen molar-refractivity contribution in [2.45, 2.75) is 39.7 Å². The van der Waals surface area contributed by atoms with Crippen LogP contribution in [0.1, 0.15) is 33.6 Å². The van der Waals surface area contributed by atoms with Gasteiger partial charge in [0.05, 0.1) is 11.6 Å². The van der Waals surface area contributed by atoms with Gasteiger partial charge in [-0.05, 0) is 12.3 Å². The molecule has 0 radical (unpaired) electrons. The van der Waals surface area contributed by atoms with Crippen molar-refractivity contribution in [3.8, 4) is 0 Å². The van der Waals surface area contributed by atoms with E-state index in [-0.39, 0.29) is 23.6 Å². The number of aliphatic carboxylic acids is 1. The Morgan fingerprint density at radius 2 is 2.12 bits per heavy atom. The molecule has 5 heteroatoms. The third-order valence-corrected chi connectivity index (χ3v) is 2.58. The zero-order valence-electron chi connectivity index (χ0n) is 9.83. The highest BCUT2D eigenvalue weighted by atomic mass is 16.4. The second-order valence-electron chi connectivity index (χ2n) is 4.23. The molecule has 0 aromatic carbocycles. The molecule has 0 fully saturated rings. The number of carbonyl (C=O) groups is 2. The van der Waals surface area contributed by atoms with Gasteiger partial charge in [0, 0.05) is 5.70 Å². The average Bonchev–Trinajstić information content (AvgIpc) is 2.16. The van der Waals surface area contributed by atoms with E-state index in [9.17, 15) is 14.7 Å². The van der Waals surface area contributed by atoms with E-state index < -0.39 is 5.97 Å². The van der Waals surface area contributed by atoms with Crippen molar-refractivity contribution in [3.63, 3.8) is 0 Å². The Morgan fingerprint density at radius 1 is 1.50 bits per heavy atom. The van der Waals surface area contributed by atoms with Crippen LogP contribution in [0.5, 0.6) is 0 Å². The van der Waals surface area contributed by atoms with E-state index in [0.717, 1.165) is 6.42 Å². The van der Waals surface area contributed by atoms with Crippen LogP contribution in [0.4, 0.5) is 4.79 Å². The van der Waals surface area contributed by atoms with Gasteiger partial charge in [0.15, 0.2) is 0 Å². The summed E-state index contributed by atoms with van der Waals surface area (Å²) in [4.78, 5) is 22.6. The fourth-order valence-electron chi connectivity index (χ4n) is 1.87. The molecule has 1 aliphatic rings. The van der Waals surface area contributed by atoms with E-state index in [4.69, 9.17) is 0 Å². The summed E-state index contributed by atoms with van der Waals surface area (Å²) >= 11 is 0. The molecule has 1 atom stereocenters. The molecule has 0 aromatic rings. The molecule has 1 unspecified atom stereocenters. The smallest absolute Gasteiger partial charge is 0.335 e. The number of hydrogen-bond donors (Lipinski definition) is 3. The van der Waals surface area contributed by atoms with Gasteiger partial charge in [0.25, 0.3) is 0 Å². The third kappa shape index (κ3) is 2.53. The molecule has 16 heavy (non-hydrogen) atoms. The molecule has 5 nitrogen and oxygen atoms in total. The van der Waals surface area contributed by atoms with Gasteiger partial charge in [-0.3, -0.25) is 0 Å². The average molecular weight is 226 g/mol. The number of urea groups is 1. The van der Waals surface area contributed by atoms with Crippen LogP contribution in [0.25, 0.3) is 0 Å². The predicted octanol–water partition coefficient (Wildman–Crippen LogP) is 1.46. The van der Waals surface area contributed by atoms with Crippen molar-refractivity contribution in [2.75, 3.05) is 0 Å². The van der Waals surface area contributed by atoms with Crippen LogP contribution in [0, 0.1) is 5.92 Å². The Labute approximate surface area is 94.9 Å². The van der Waals surface area contributed by atoms with Crippen LogP contribution >= 0.6 is 0 Å². The van der Waals surface area contributed by atoms with Crippen LogP contribution < -0.4 is 10.6 Å². The molecule has 0 saturated heterocycles. The Morgan fingerprint density at radius 3 is 2.56 bits per heavy atom. The van der Waals surface area contributed by atoms with Crippen LogP contribution in [0.3, 0.4) is 0 Å². The molecule has 0 bridgehead atoms. The zero-order valence-corrected chi connectivity index (χ0v) is 9.83. The number of carboxylic acid groups (broad SMARTS) is 1. The minimum absolute atomic E-state index is 0.00324. The van der Waals surface area contributed by atoms with Crippen LogP contribution in [0.2, 0.25) is 0 Å². The van der Waals surface area contributed by atoms with Gasteiger partial charge >= 0.3 is 12.0 Å². The summed E-state index contributed by atoms with van der Waals surface area (Å²) in [5.74, 6) is -0.967. The second-order valence-corrected chi connectivity index (χ2v) is 4.23. The first-order chi connectivity index (χ1) is 7.47. The monoisotopic (exact) mass is 226 g/mol. The number of allylic oxidation sites excluding steroid dienone is 1. The minimum atomic E-state index is -0.963. The zero-order chi connectivity index (χ0) is 12.3. The highest BCUT2D eigenvalue weighted by Crippen LogP contribution is 2.21. The van der Waals surface area contributed by atoms with Crippen molar-refractivity contribution in [1.82, 2.24) is 10.6 Å². The van der Waals surface area contributed by atoms with Crippen molar-refractivity contribution in [3.05, 3.63) is 11.3 Å². The second kappa shape index (κ2) is 5.01. The topological polar surface area (TPSA) is 78.4 Å². The van der Waals surface area contributed by atoms with Crippen molar-refractivity contribution >= 4 is 12.0 Å². The summed E-state index contributed by atoms with van der Waals surface area (Å²) in [5.41, 5.74) is 0.811. The van der Waals surface area contributed by atoms with Gasteiger partial charge in [0.2, 0.25) is 0 Å². The number of amides is 2. The van der Waals surface area contributed by atoms with Gasteiger partial charge in [-0.25, -0.2) is 9.59 Å². The summed E-state index contributed by atoms with van der Waals surface area (Å²) in [6, 6.07) is -0.694. The van der Waals surface area contributed by atoms with Crippen molar-refractivity contribution < 1.29 is 14.7 Å². The number of hydrogen-bond acceptors (Lipinski definition) is 2. The minimum Gasteiger partial charge on any atom is -0.478 e. The molecule has 3 N–H and O–H groups in total. The molecule has 2 amide bonds. The quantitative estimate of drug-likeness (QED) is 0.679. The van der Waals surface area contributed by atoms with E-state index in [2.05, 4.69) is 10.6 Å². The molecule has 0 aliphatic carbocycles. The van der Waals surface area contributed by atoms with Gasteiger partial charge < -0.3 is 15.7 Å². The van der Waals surface area contributed by atoms with Gasteiger partial charge in [0.1, 0.15) is 0 Å². The Hall–Kier alpha value is -1.52. The van der Waals surface area contributed by atoms with Crippen molar-refractivity contribution in [2.24, 2.45) is 5.92 Å². The lowest BCUT2D eigenvalue weighted by Crippen LogP contribution is -2.51. The first kappa shape index (κ1) is 12.5. The maximum absolute atomic E-state index is 11.4. The van der Waals surface area contributed by atoms with E-state index in [1.165, 1.54) is 0 Å². The van der Waals surface area contributed by atoms with Crippen LogP contribution in [-0.4, -0.2) is 23.1 Å². The fraction of sp³-hybridized carbons (Fsp3) is 0.636. The number of rotatable bonds is 4. The van der Waals surface area contributed by atoms with E-state index >= 15 is 0 Å². The SMILES string of the molecule is CCCC1NC(=O)NC(C(C)C)=C1C(=O)O. The fourth-order valence-corrected chi connectivity index (χ4v) is 1.87. The molecule has 0 spiro atoms. The molecular formula is C11H18N2O3. The first-order valence-corrected chi connectivity index (χ1v) is 5.52. The molecule has 1 heterocycles. The summed E-state index contributed by atoms with van der Waals surface area (Å²) in [7, 11) is 0. The van der Waals surface area contributed by atoms with Gasteiger partial charge in [-0.1, -0.05) is 27.2 Å². The summed E-state index contributed by atoms with van der Waals surface area (Å²) in [6.07, 6.45) is 1.47. The molecule has 1 aliphatic heterocycles. The number of nitrogens with one attached hydrogen (secondary N) is 2. The first-order valence-electron chi connectivity index (χ1n) is 5.52. The highest BCUT2D eigenvalue weighted by Gasteiger charge is 2.31. The molecule has 90 valence electrons. The molecule has 1 rings (SSSR count). The van der Waals surface area contributed by atoms with Crippen LogP contribution in [-0.2, 0) is 4.79 Å². The van der Waals surface area contributed by atoms with E-state index in [1.54, 1.807) is 0 Å². The predicted molar refractivity (Wildman–Crippen MR) is 59.9 cm³/mol. The highest BCUT2D eigenvalue weighted by molar-refractivity contribution is 5.93. The molecular weight excluding hydrogens is 208 g/mol. The lowest BCUT2D eigenvalue weighted by atomic mass is 9.94. The van der Waals surface area contributed by atoms with Gasteiger partial charge in [-0.2, -0.15) is 0 Å².